The van der Waals surface area contributed by atoms with Gasteiger partial charge in [-0.05, 0) is 44.2 Å². The lowest BCUT2D eigenvalue weighted by atomic mass is 10.0. The van der Waals surface area contributed by atoms with E-state index in [2.05, 4.69) is 15.6 Å². The van der Waals surface area contributed by atoms with Crippen LogP contribution >= 0.6 is 0 Å². The second kappa shape index (κ2) is 9.37. The number of benzene rings is 2. The van der Waals surface area contributed by atoms with E-state index >= 15 is 0 Å². The average molecular weight is 407 g/mol. The van der Waals surface area contributed by atoms with Gasteiger partial charge in [-0.2, -0.15) is 0 Å². The van der Waals surface area contributed by atoms with Gasteiger partial charge >= 0.3 is 0 Å². The zero-order chi connectivity index (χ0) is 21.7. The number of hydrogen-bond donors (Lipinski definition) is 4. The van der Waals surface area contributed by atoms with Crippen molar-refractivity contribution in [2.24, 2.45) is 0 Å². The summed E-state index contributed by atoms with van der Waals surface area (Å²) in [5, 5.41) is 6.44. The van der Waals surface area contributed by atoms with Gasteiger partial charge in [-0.3, -0.25) is 14.4 Å². The number of H-pyrrole nitrogens is 1. The topological polar surface area (TPSA) is 95.5 Å². The van der Waals surface area contributed by atoms with Crippen molar-refractivity contribution in [3.8, 4) is 0 Å². The lowest BCUT2D eigenvalue weighted by molar-refractivity contribution is -0.903. The molecule has 0 saturated heterocycles. The first-order valence-electron chi connectivity index (χ1n) is 10.0. The molecule has 0 aliphatic carbocycles. The fraction of sp³-hybridized carbons (Fsp3) is 0.261. The number of rotatable bonds is 8. The Kier molecular flexibility index (Phi) is 6.64. The van der Waals surface area contributed by atoms with Crippen molar-refractivity contribution in [1.82, 2.24) is 4.98 Å². The van der Waals surface area contributed by atoms with Gasteiger partial charge in [-0.1, -0.05) is 18.2 Å². The molecule has 0 aliphatic heterocycles. The summed E-state index contributed by atoms with van der Waals surface area (Å²) in [6.07, 6.45) is 1.74. The third-order valence-corrected chi connectivity index (χ3v) is 5.19. The van der Waals surface area contributed by atoms with E-state index in [-0.39, 0.29) is 30.2 Å². The largest absolute Gasteiger partial charge is 0.360 e. The molecule has 2 amide bonds. The molecule has 1 aromatic heterocycles. The van der Waals surface area contributed by atoms with Crippen LogP contribution in [0.15, 0.2) is 54.7 Å². The standard InChI is InChI=1S/C23H26N4O3/c1-4-27(14-22(29)26-18-11-9-17(10-12-18)25-16(3)28)15(2)23(30)20-13-24-21-8-6-5-7-19(20)21/h5-13,15,24H,4,14H2,1-3H3,(H,25,28)(H,26,29)/p+1/t15-/m0/s1. The Morgan fingerprint density at radius 3 is 2.27 bits per heavy atom. The molecule has 3 rings (SSSR count). The van der Waals surface area contributed by atoms with Crippen molar-refractivity contribution in [1.29, 1.82) is 0 Å². The molecule has 156 valence electrons. The van der Waals surface area contributed by atoms with Crippen LogP contribution in [-0.2, 0) is 9.59 Å². The van der Waals surface area contributed by atoms with Gasteiger partial charge in [0.05, 0.1) is 6.54 Å². The molecule has 3 aromatic rings. The first-order valence-corrected chi connectivity index (χ1v) is 10.0. The Bertz CT molecular complexity index is 1060. The molecule has 2 aromatic carbocycles. The summed E-state index contributed by atoms with van der Waals surface area (Å²) in [7, 11) is 0. The number of carbonyl (C=O) groups is 3. The molecule has 2 atom stereocenters. The van der Waals surface area contributed by atoms with Gasteiger partial charge < -0.3 is 20.5 Å². The fourth-order valence-corrected chi connectivity index (χ4v) is 3.53. The highest BCUT2D eigenvalue weighted by atomic mass is 16.2. The first kappa shape index (κ1) is 21.3. The van der Waals surface area contributed by atoms with Crippen molar-refractivity contribution < 1.29 is 19.3 Å². The van der Waals surface area contributed by atoms with E-state index in [1.54, 1.807) is 30.5 Å². The fourth-order valence-electron chi connectivity index (χ4n) is 3.53. The Labute approximate surface area is 175 Å². The maximum Gasteiger partial charge on any atom is 0.279 e. The monoisotopic (exact) mass is 407 g/mol. The Morgan fingerprint density at radius 2 is 1.63 bits per heavy atom. The SMILES string of the molecule is CC[NH+](CC(=O)Nc1ccc(NC(C)=O)cc1)[C@@H](C)C(=O)c1c[nH]c2ccccc12. The Morgan fingerprint density at radius 1 is 1.00 bits per heavy atom. The maximum absolute atomic E-state index is 13.1. The minimum atomic E-state index is -0.359. The number of para-hydroxylation sites is 1. The lowest BCUT2D eigenvalue weighted by Gasteiger charge is -2.23. The quantitative estimate of drug-likeness (QED) is 0.431. The van der Waals surface area contributed by atoms with Gasteiger partial charge in [0.2, 0.25) is 11.7 Å². The molecule has 0 spiro atoms. The number of ketones is 1. The van der Waals surface area contributed by atoms with Gasteiger partial charge in [0.1, 0.15) is 6.04 Å². The number of likely N-dealkylation sites (N-methyl/N-ethyl adjacent to an activating group) is 1. The highest BCUT2D eigenvalue weighted by Crippen LogP contribution is 2.18. The average Bonchev–Trinajstić information content (AvgIpc) is 3.16. The van der Waals surface area contributed by atoms with Crippen molar-refractivity contribution >= 4 is 39.9 Å². The molecule has 0 bridgehead atoms. The summed E-state index contributed by atoms with van der Waals surface area (Å²) in [6, 6.07) is 14.3. The highest BCUT2D eigenvalue weighted by Gasteiger charge is 2.28. The molecule has 0 fully saturated rings. The molecule has 1 unspecified atom stereocenters. The van der Waals surface area contributed by atoms with E-state index in [9.17, 15) is 14.4 Å². The van der Waals surface area contributed by atoms with E-state index in [0.717, 1.165) is 15.8 Å². The van der Waals surface area contributed by atoms with Gasteiger partial charge in [-0.25, -0.2) is 0 Å². The van der Waals surface area contributed by atoms with Gasteiger partial charge in [0.25, 0.3) is 5.91 Å². The lowest BCUT2D eigenvalue weighted by Crippen LogP contribution is -3.17. The Balaban J connectivity index is 1.64. The van der Waals surface area contributed by atoms with Crippen LogP contribution in [0.1, 0.15) is 31.1 Å². The van der Waals surface area contributed by atoms with Crippen LogP contribution in [0.4, 0.5) is 11.4 Å². The number of nitrogens with one attached hydrogen (secondary N) is 4. The molecular weight excluding hydrogens is 380 g/mol. The summed E-state index contributed by atoms with van der Waals surface area (Å²) >= 11 is 0. The number of aromatic amines is 1. The van der Waals surface area contributed by atoms with Crippen LogP contribution in [0, 0.1) is 0 Å². The first-order chi connectivity index (χ1) is 14.4. The van der Waals surface area contributed by atoms with Crippen molar-refractivity contribution in [3.05, 3.63) is 60.3 Å². The normalized spacial score (nSPS) is 12.9. The molecule has 0 radical (unpaired) electrons. The molecule has 0 aliphatic rings. The van der Waals surface area contributed by atoms with Crippen LogP contribution in [0.25, 0.3) is 10.9 Å². The second-order valence-electron chi connectivity index (χ2n) is 7.33. The van der Waals surface area contributed by atoms with Crippen LogP contribution in [0.5, 0.6) is 0 Å². The number of aromatic nitrogens is 1. The highest BCUT2D eigenvalue weighted by molar-refractivity contribution is 6.09. The van der Waals surface area contributed by atoms with Gasteiger partial charge in [0.15, 0.2) is 6.54 Å². The summed E-state index contributed by atoms with van der Waals surface area (Å²) in [6.45, 7) is 6.09. The third-order valence-electron chi connectivity index (χ3n) is 5.19. The molecule has 7 heteroatoms. The number of Topliss-reactive ketones (excluding diaryl/α,β-unsaturated/α-hetero) is 1. The van der Waals surface area contributed by atoms with Crippen LogP contribution in [0.3, 0.4) is 0 Å². The smallest absolute Gasteiger partial charge is 0.279 e. The number of carbonyl (C=O) groups excluding carboxylic acids is 3. The zero-order valence-electron chi connectivity index (χ0n) is 17.4. The predicted molar refractivity (Wildman–Crippen MR) is 118 cm³/mol. The van der Waals surface area contributed by atoms with E-state index in [1.165, 1.54) is 6.92 Å². The molecule has 1 heterocycles. The maximum atomic E-state index is 13.1. The van der Waals surface area contributed by atoms with Crippen molar-refractivity contribution in [3.63, 3.8) is 0 Å². The second-order valence-corrected chi connectivity index (χ2v) is 7.33. The minimum Gasteiger partial charge on any atom is -0.360 e. The molecule has 7 nitrogen and oxygen atoms in total. The van der Waals surface area contributed by atoms with E-state index < -0.39 is 0 Å². The van der Waals surface area contributed by atoms with Crippen LogP contribution in [0.2, 0.25) is 0 Å². The summed E-state index contributed by atoms with van der Waals surface area (Å²) in [5.74, 6) is -0.308. The van der Waals surface area contributed by atoms with Crippen LogP contribution in [-0.4, -0.2) is 41.7 Å². The zero-order valence-corrected chi connectivity index (χ0v) is 17.4. The Hall–Kier alpha value is -3.45. The summed E-state index contributed by atoms with van der Waals surface area (Å²) < 4.78 is 0. The number of fused-ring (bicyclic) bond motifs is 1. The van der Waals surface area contributed by atoms with Crippen LogP contribution < -0.4 is 15.5 Å². The van der Waals surface area contributed by atoms with Crippen molar-refractivity contribution in [2.45, 2.75) is 26.8 Å². The molecule has 0 saturated carbocycles. The third kappa shape index (κ3) is 4.93. The summed E-state index contributed by atoms with van der Waals surface area (Å²) in [4.78, 5) is 40.7. The van der Waals surface area contributed by atoms with E-state index in [4.69, 9.17) is 0 Å². The van der Waals surface area contributed by atoms with E-state index in [1.807, 2.05) is 38.1 Å². The molecular formula is C23H27N4O3+. The number of anilines is 2. The van der Waals surface area contributed by atoms with Crippen molar-refractivity contribution in [2.75, 3.05) is 23.7 Å². The van der Waals surface area contributed by atoms with Gasteiger partial charge in [-0.15, -0.1) is 0 Å². The number of hydrogen-bond acceptors (Lipinski definition) is 3. The minimum absolute atomic E-state index is 0.0109. The van der Waals surface area contributed by atoms with Gasteiger partial charge in [0, 0.05) is 41.0 Å². The molecule has 4 N–H and O–H groups in total. The number of amides is 2. The summed E-state index contributed by atoms with van der Waals surface area (Å²) in [5.41, 5.74) is 2.88. The predicted octanol–water partition coefficient (Wildman–Crippen LogP) is 2.24. The van der Waals surface area contributed by atoms with E-state index in [0.29, 0.717) is 23.5 Å². The number of quaternary nitrogens is 1. The molecule has 30 heavy (non-hydrogen) atoms.